The Bertz CT molecular complexity index is 289. The second-order valence-corrected chi connectivity index (χ2v) is 4.92. The number of thiazole rings is 1. The zero-order valence-electron chi connectivity index (χ0n) is 8.57. The number of rotatable bonds is 4. The van der Waals surface area contributed by atoms with Gasteiger partial charge in [0.2, 0.25) is 0 Å². The van der Waals surface area contributed by atoms with Gasteiger partial charge in [0.25, 0.3) is 0 Å². The first-order chi connectivity index (χ1) is 6.85. The highest BCUT2D eigenvalue weighted by molar-refractivity contribution is 7.09. The van der Waals surface area contributed by atoms with Crippen LogP contribution in [0.5, 0.6) is 0 Å². The maximum absolute atomic E-state index is 9.16. The van der Waals surface area contributed by atoms with Crippen LogP contribution in [0.25, 0.3) is 0 Å². The topological polar surface area (TPSA) is 33.1 Å². The quantitative estimate of drug-likeness (QED) is 0.830. The molecule has 0 saturated heterocycles. The van der Waals surface area contributed by atoms with Crippen molar-refractivity contribution in [2.75, 3.05) is 6.61 Å². The molecule has 1 aliphatic rings. The van der Waals surface area contributed by atoms with Gasteiger partial charge in [0, 0.05) is 17.2 Å². The van der Waals surface area contributed by atoms with Gasteiger partial charge in [-0.1, -0.05) is 13.3 Å². The molecule has 1 aromatic rings. The van der Waals surface area contributed by atoms with Gasteiger partial charge in [-0.2, -0.15) is 0 Å². The van der Waals surface area contributed by atoms with Crippen molar-refractivity contribution in [3.8, 4) is 0 Å². The molecule has 78 valence electrons. The smallest absolute Gasteiger partial charge is 0.0959 e. The minimum absolute atomic E-state index is 0.227. The van der Waals surface area contributed by atoms with E-state index in [1.54, 1.807) is 11.3 Å². The number of hydrogen-bond donors (Lipinski definition) is 1. The van der Waals surface area contributed by atoms with Gasteiger partial charge in [-0.25, -0.2) is 4.98 Å². The number of nitrogens with zero attached hydrogens (tertiary/aromatic N) is 1. The van der Waals surface area contributed by atoms with Crippen LogP contribution >= 0.6 is 11.3 Å². The molecule has 2 rings (SSSR count). The molecule has 1 heterocycles. The molecular weight excluding hydrogens is 194 g/mol. The van der Waals surface area contributed by atoms with Crippen molar-refractivity contribution in [3.63, 3.8) is 0 Å². The van der Waals surface area contributed by atoms with E-state index in [9.17, 15) is 0 Å². The van der Waals surface area contributed by atoms with Crippen molar-refractivity contribution >= 4 is 11.3 Å². The van der Waals surface area contributed by atoms with Crippen molar-refractivity contribution in [2.24, 2.45) is 0 Å². The monoisotopic (exact) mass is 211 g/mol. The number of aliphatic hydroxyl groups excluding tert-OH is 1. The molecule has 1 atom stereocenters. The molecule has 1 unspecified atom stereocenters. The molecule has 0 bridgehead atoms. The van der Waals surface area contributed by atoms with Gasteiger partial charge < -0.3 is 5.11 Å². The van der Waals surface area contributed by atoms with Gasteiger partial charge in [0.05, 0.1) is 17.3 Å². The molecule has 1 N–H and O–H groups in total. The average Bonchev–Trinajstić information content (AvgIpc) is 2.53. The summed E-state index contributed by atoms with van der Waals surface area (Å²) in [6.45, 7) is 2.33. The van der Waals surface area contributed by atoms with Gasteiger partial charge >= 0.3 is 0 Å². The van der Waals surface area contributed by atoms with Crippen LogP contribution in [0, 0.1) is 0 Å². The summed E-state index contributed by atoms with van der Waals surface area (Å²) >= 11 is 1.77. The van der Waals surface area contributed by atoms with Gasteiger partial charge in [-0.05, 0) is 19.3 Å². The van der Waals surface area contributed by atoms with E-state index in [-0.39, 0.29) is 12.5 Å². The lowest BCUT2D eigenvalue weighted by molar-refractivity contribution is 0.260. The Hall–Kier alpha value is -0.410. The highest BCUT2D eigenvalue weighted by Crippen LogP contribution is 2.38. The molecule has 1 aromatic heterocycles. The lowest BCUT2D eigenvalue weighted by Gasteiger charge is -2.22. The summed E-state index contributed by atoms with van der Waals surface area (Å²) in [5, 5.41) is 12.6. The molecule has 0 spiro atoms. The zero-order chi connectivity index (χ0) is 9.97. The van der Waals surface area contributed by atoms with Gasteiger partial charge in [0.1, 0.15) is 0 Å². The summed E-state index contributed by atoms with van der Waals surface area (Å²) in [6, 6.07) is 0. The highest BCUT2D eigenvalue weighted by Gasteiger charge is 2.23. The molecule has 14 heavy (non-hydrogen) atoms. The van der Waals surface area contributed by atoms with E-state index in [1.807, 2.05) is 0 Å². The largest absolute Gasteiger partial charge is 0.396 e. The van der Waals surface area contributed by atoms with Crippen molar-refractivity contribution < 1.29 is 5.11 Å². The Kier molecular flexibility index (Phi) is 3.19. The van der Waals surface area contributed by atoms with Crippen molar-refractivity contribution in [3.05, 3.63) is 16.1 Å². The minimum Gasteiger partial charge on any atom is -0.396 e. The van der Waals surface area contributed by atoms with Gasteiger partial charge in [0.15, 0.2) is 0 Å². The fraction of sp³-hybridized carbons (Fsp3) is 0.727. The Labute approximate surface area is 89.0 Å². The molecule has 1 fully saturated rings. The van der Waals surface area contributed by atoms with Crippen LogP contribution in [0.4, 0.5) is 0 Å². The van der Waals surface area contributed by atoms with E-state index in [4.69, 9.17) is 5.11 Å². The van der Waals surface area contributed by atoms with E-state index in [1.165, 1.54) is 24.3 Å². The van der Waals surface area contributed by atoms with Crippen LogP contribution in [-0.2, 0) is 0 Å². The lowest BCUT2D eigenvalue weighted by atomic mass is 9.86. The van der Waals surface area contributed by atoms with Gasteiger partial charge in [-0.3, -0.25) is 0 Å². The predicted molar refractivity (Wildman–Crippen MR) is 58.8 cm³/mol. The summed E-state index contributed by atoms with van der Waals surface area (Å²) in [7, 11) is 0. The third kappa shape index (κ3) is 1.84. The SMILES string of the molecule is CCC(CO)c1csc(C2CCC2)n1. The Morgan fingerprint density at radius 2 is 2.43 bits per heavy atom. The molecule has 0 aromatic carbocycles. The summed E-state index contributed by atoms with van der Waals surface area (Å²) in [5.41, 5.74) is 1.10. The van der Waals surface area contributed by atoms with E-state index in [0.717, 1.165) is 18.0 Å². The summed E-state index contributed by atoms with van der Waals surface area (Å²) < 4.78 is 0. The Balaban J connectivity index is 2.07. The standard InChI is InChI=1S/C11H17NOS/c1-2-8(6-13)10-7-14-11(12-10)9-4-3-5-9/h7-9,13H,2-6H2,1H3. The normalized spacial score (nSPS) is 19.3. The first kappa shape index (κ1) is 10.1. The first-order valence-corrected chi connectivity index (χ1v) is 6.29. The summed E-state index contributed by atoms with van der Waals surface area (Å²) in [4.78, 5) is 4.63. The molecule has 0 aliphatic heterocycles. The molecule has 3 heteroatoms. The summed E-state index contributed by atoms with van der Waals surface area (Å²) in [6.07, 6.45) is 4.95. The van der Waals surface area contributed by atoms with E-state index >= 15 is 0 Å². The second kappa shape index (κ2) is 4.41. The Morgan fingerprint density at radius 1 is 1.64 bits per heavy atom. The fourth-order valence-electron chi connectivity index (χ4n) is 1.76. The maximum atomic E-state index is 9.16. The number of hydrogen-bond acceptors (Lipinski definition) is 3. The zero-order valence-corrected chi connectivity index (χ0v) is 9.39. The number of aromatic nitrogens is 1. The van der Waals surface area contributed by atoms with Crippen molar-refractivity contribution in [1.82, 2.24) is 4.98 Å². The summed E-state index contributed by atoms with van der Waals surface area (Å²) in [5.74, 6) is 0.977. The molecule has 2 nitrogen and oxygen atoms in total. The first-order valence-electron chi connectivity index (χ1n) is 5.41. The third-order valence-corrected chi connectivity index (χ3v) is 4.15. The molecule has 0 amide bonds. The van der Waals surface area contributed by atoms with Crippen LogP contribution in [0.15, 0.2) is 5.38 Å². The van der Waals surface area contributed by atoms with E-state index < -0.39 is 0 Å². The van der Waals surface area contributed by atoms with Gasteiger partial charge in [-0.15, -0.1) is 11.3 Å². The van der Waals surface area contributed by atoms with Crippen LogP contribution in [0.2, 0.25) is 0 Å². The van der Waals surface area contributed by atoms with E-state index in [2.05, 4.69) is 17.3 Å². The number of aliphatic hydroxyl groups is 1. The van der Waals surface area contributed by atoms with Crippen LogP contribution in [0.1, 0.15) is 55.1 Å². The Morgan fingerprint density at radius 3 is 2.93 bits per heavy atom. The van der Waals surface area contributed by atoms with E-state index in [0.29, 0.717) is 0 Å². The fourth-order valence-corrected chi connectivity index (χ4v) is 2.84. The van der Waals surface area contributed by atoms with Crippen molar-refractivity contribution in [2.45, 2.75) is 44.4 Å². The van der Waals surface area contributed by atoms with Crippen LogP contribution < -0.4 is 0 Å². The third-order valence-electron chi connectivity index (χ3n) is 3.13. The molecular formula is C11H17NOS. The van der Waals surface area contributed by atoms with Crippen molar-refractivity contribution in [1.29, 1.82) is 0 Å². The predicted octanol–water partition coefficient (Wildman–Crippen LogP) is 2.90. The van der Waals surface area contributed by atoms with Crippen LogP contribution in [0.3, 0.4) is 0 Å². The second-order valence-electron chi connectivity index (χ2n) is 4.03. The molecule has 1 saturated carbocycles. The maximum Gasteiger partial charge on any atom is 0.0959 e. The molecule has 0 radical (unpaired) electrons. The highest BCUT2D eigenvalue weighted by atomic mass is 32.1. The molecule has 1 aliphatic carbocycles. The average molecular weight is 211 g/mol. The lowest BCUT2D eigenvalue weighted by Crippen LogP contribution is -2.09. The van der Waals surface area contributed by atoms with Crippen LogP contribution in [-0.4, -0.2) is 16.7 Å². The minimum atomic E-state index is 0.227.